The van der Waals surface area contributed by atoms with E-state index in [1.165, 1.54) is 5.56 Å². The van der Waals surface area contributed by atoms with Gasteiger partial charge in [0.2, 0.25) is 0 Å². The Labute approximate surface area is 153 Å². The van der Waals surface area contributed by atoms with Gasteiger partial charge in [0.15, 0.2) is 0 Å². The maximum Gasteiger partial charge on any atom is 0.306 e. The highest BCUT2D eigenvalue weighted by molar-refractivity contribution is 6.31. The van der Waals surface area contributed by atoms with Gasteiger partial charge in [0.05, 0.1) is 5.92 Å². The van der Waals surface area contributed by atoms with E-state index >= 15 is 0 Å². The second kappa shape index (κ2) is 8.37. The summed E-state index contributed by atoms with van der Waals surface area (Å²) in [7, 11) is 0. The Balaban J connectivity index is 1.55. The smallest absolute Gasteiger partial charge is 0.306 e. The molecule has 0 atom stereocenters. The summed E-state index contributed by atoms with van der Waals surface area (Å²) < 4.78 is 5.87. The second-order valence-electron chi connectivity index (χ2n) is 6.42. The van der Waals surface area contributed by atoms with Crippen molar-refractivity contribution in [2.24, 2.45) is 5.92 Å². The fourth-order valence-corrected chi connectivity index (χ4v) is 3.30. The highest BCUT2D eigenvalue weighted by Gasteiger charge is 2.24. The molecule has 25 heavy (non-hydrogen) atoms. The molecule has 0 aliphatic carbocycles. The lowest BCUT2D eigenvalue weighted by molar-refractivity contribution is -0.143. The summed E-state index contributed by atoms with van der Waals surface area (Å²) in [6, 6.07) is 15.7. The highest BCUT2D eigenvalue weighted by Crippen LogP contribution is 2.22. The van der Waals surface area contributed by atoms with Gasteiger partial charge in [-0.2, -0.15) is 0 Å². The number of piperidine rings is 1. The minimum Gasteiger partial charge on any atom is -0.489 e. The molecule has 0 unspecified atom stereocenters. The van der Waals surface area contributed by atoms with Crippen LogP contribution >= 0.6 is 11.6 Å². The number of hydrogen-bond donors (Lipinski definition) is 1. The van der Waals surface area contributed by atoms with Crippen molar-refractivity contribution in [1.29, 1.82) is 0 Å². The SMILES string of the molecule is O=C(O)C1CCN(Cc2cccc(OCc3ccccc3Cl)c2)CC1. The first-order chi connectivity index (χ1) is 12.1. The van der Waals surface area contributed by atoms with Gasteiger partial charge >= 0.3 is 5.97 Å². The summed E-state index contributed by atoms with van der Waals surface area (Å²) in [6.07, 6.45) is 1.44. The minimum absolute atomic E-state index is 0.193. The highest BCUT2D eigenvalue weighted by atomic mass is 35.5. The molecular formula is C20H22ClNO3. The quantitative estimate of drug-likeness (QED) is 0.839. The molecule has 1 aliphatic heterocycles. The third-order valence-electron chi connectivity index (χ3n) is 4.59. The molecule has 0 radical (unpaired) electrons. The molecule has 1 saturated heterocycles. The van der Waals surface area contributed by atoms with Crippen molar-refractivity contribution in [2.45, 2.75) is 26.0 Å². The Morgan fingerprint density at radius 1 is 1.16 bits per heavy atom. The molecule has 0 saturated carbocycles. The van der Waals surface area contributed by atoms with Gasteiger partial charge < -0.3 is 9.84 Å². The first-order valence-corrected chi connectivity index (χ1v) is 8.90. The lowest BCUT2D eigenvalue weighted by atomic mass is 9.97. The molecule has 132 valence electrons. The van der Waals surface area contributed by atoms with Gasteiger partial charge in [-0.1, -0.05) is 41.9 Å². The Kier molecular flexibility index (Phi) is 5.95. The summed E-state index contributed by atoms with van der Waals surface area (Å²) in [5.74, 6) is -0.0472. The third kappa shape index (κ3) is 4.97. The molecule has 2 aromatic rings. The molecule has 0 aromatic heterocycles. The Bertz CT molecular complexity index is 726. The Morgan fingerprint density at radius 2 is 1.92 bits per heavy atom. The zero-order valence-corrected chi connectivity index (χ0v) is 14.8. The number of ether oxygens (including phenoxy) is 1. The van der Waals surface area contributed by atoms with Crippen molar-refractivity contribution in [3.63, 3.8) is 0 Å². The van der Waals surface area contributed by atoms with E-state index in [0.717, 1.165) is 43.8 Å². The number of rotatable bonds is 6. The number of halogens is 1. The van der Waals surface area contributed by atoms with E-state index < -0.39 is 5.97 Å². The third-order valence-corrected chi connectivity index (χ3v) is 4.96. The van der Waals surface area contributed by atoms with Gasteiger partial charge in [-0.05, 0) is 49.7 Å². The standard InChI is InChI=1S/C20H22ClNO3/c21-19-7-2-1-5-17(19)14-25-18-6-3-4-15(12-18)13-22-10-8-16(9-11-22)20(23)24/h1-7,12,16H,8-11,13-14H2,(H,23,24). The van der Waals surface area contributed by atoms with Crippen LogP contribution in [0.15, 0.2) is 48.5 Å². The number of hydrogen-bond acceptors (Lipinski definition) is 3. The molecule has 1 N–H and O–H groups in total. The van der Waals surface area contributed by atoms with Gasteiger partial charge in [0.25, 0.3) is 0 Å². The van der Waals surface area contributed by atoms with Crippen LogP contribution in [0.5, 0.6) is 5.75 Å². The summed E-state index contributed by atoms with van der Waals surface area (Å²) in [6.45, 7) is 2.89. The number of carboxylic acid groups (broad SMARTS) is 1. The largest absolute Gasteiger partial charge is 0.489 e. The van der Waals surface area contributed by atoms with Crippen LogP contribution in [0, 0.1) is 5.92 Å². The normalized spacial score (nSPS) is 15.9. The Hall–Kier alpha value is -2.04. The molecule has 0 spiro atoms. The monoisotopic (exact) mass is 359 g/mol. The van der Waals surface area contributed by atoms with Crippen LogP contribution in [0.3, 0.4) is 0 Å². The molecule has 2 aromatic carbocycles. The number of nitrogens with zero attached hydrogens (tertiary/aromatic N) is 1. The summed E-state index contributed by atoms with van der Waals surface area (Å²) >= 11 is 6.16. The molecule has 1 heterocycles. The summed E-state index contributed by atoms with van der Waals surface area (Å²) in [4.78, 5) is 13.3. The maximum absolute atomic E-state index is 11.0. The molecule has 1 fully saturated rings. The lowest BCUT2D eigenvalue weighted by Crippen LogP contribution is -2.35. The summed E-state index contributed by atoms with van der Waals surface area (Å²) in [5, 5.41) is 9.79. The van der Waals surface area contributed by atoms with Crippen LogP contribution in [0.25, 0.3) is 0 Å². The molecule has 3 rings (SSSR count). The van der Waals surface area contributed by atoms with Crippen LogP contribution < -0.4 is 4.74 Å². The number of likely N-dealkylation sites (tertiary alicyclic amines) is 1. The van der Waals surface area contributed by atoms with E-state index in [0.29, 0.717) is 11.6 Å². The van der Waals surface area contributed by atoms with Gasteiger partial charge in [-0.25, -0.2) is 0 Å². The van der Waals surface area contributed by atoms with Crippen molar-refractivity contribution in [3.05, 3.63) is 64.7 Å². The molecule has 0 bridgehead atoms. The molecular weight excluding hydrogens is 338 g/mol. The first-order valence-electron chi connectivity index (χ1n) is 8.52. The average molecular weight is 360 g/mol. The molecule has 0 amide bonds. The number of carboxylic acids is 1. The van der Waals surface area contributed by atoms with Gasteiger partial charge in [-0.15, -0.1) is 0 Å². The first kappa shape index (κ1) is 17.8. The van der Waals surface area contributed by atoms with Crippen molar-refractivity contribution in [3.8, 4) is 5.75 Å². The van der Waals surface area contributed by atoms with E-state index in [9.17, 15) is 4.79 Å². The van der Waals surface area contributed by atoms with E-state index in [1.54, 1.807) is 0 Å². The van der Waals surface area contributed by atoms with Gasteiger partial charge in [0, 0.05) is 17.1 Å². The fourth-order valence-electron chi connectivity index (χ4n) is 3.11. The van der Waals surface area contributed by atoms with Gasteiger partial charge in [-0.3, -0.25) is 9.69 Å². The molecule has 4 nitrogen and oxygen atoms in total. The maximum atomic E-state index is 11.0. The van der Waals surface area contributed by atoms with Crippen LogP contribution in [0.1, 0.15) is 24.0 Å². The number of benzene rings is 2. The minimum atomic E-state index is -0.672. The average Bonchev–Trinajstić information content (AvgIpc) is 2.62. The number of aliphatic carboxylic acids is 1. The molecule has 5 heteroatoms. The molecule has 1 aliphatic rings. The van der Waals surface area contributed by atoms with Crippen LogP contribution in [0.4, 0.5) is 0 Å². The Morgan fingerprint density at radius 3 is 2.64 bits per heavy atom. The van der Waals surface area contributed by atoms with Crippen LogP contribution in [-0.2, 0) is 17.9 Å². The van der Waals surface area contributed by atoms with Crippen LogP contribution in [0.2, 0.25) is 5.02 Å². The van der Waals surface area contributed by atoms with Crippen molar-refractivity contribution in [2.75, 3.05) is 13.1 Å². The van der Waals surface area contributed by atoms with E-state index in [4.69, 9.17) is 21.4 Å². The number of carbonyl (C=O) groups is 1. The zero-order valence-electron chi connectivity index (χ0n) is 14.0. The summed E-state index contributed by atoms with van der Waals surface area (Å²) in [5.41, 5.74) is 2.13. The van der Waals surface area contributed by atoms with Crippen molar-refractivity contribution < 1.29 is 14.6 Å². The van der Waals surface area contributed by atoms with Crippen molar-refractivity contribution in [1.82, 2.24) is 4.90 Å². The van der Waals surface area contributed by atoms with Gasteiger partial charge in [0.1, 0.15) is 12.4 Å². The van der Waals surface area contributed by atoms with Crippen LogP contribution in [-0.4, -0.2) is 29.1 Å². The van der Waals surface area contributed by atoms with E-state index in [2.05, 4.69) is 11.0 Å². The van der Waals surface area contributed by atoms with E-state index in [-0.39, 0.29) is 5.92 Å². The fraction of sp³-hybridized carbons (Fsp3) is 0.350. The topological polar surface area (TPSA) is 49.8 Å². The zero-order chi connectivity index (χ0) is 17.6. The van der Waals surface area contributed by atoms with Crippen molar-refractivity contribution >= 4 is 17.6 Å². The lowest BCUT2D eigenvalue weighted by Gasteiger charge is -2.30. The predicted molar refractivity (Wildman–Crippen MR) is 97.9 cm³/mol. The second-order valence-corrected chi connectivity index (χ2v) is 6.82. The predicted octanol–water partition coefficient (Wildman–Crippen LogP) is 4.22. The van der Waals surface area contributed by atoms with E-state index in [1.807, 2.05) is 42.5 Å².